The van der Waals surface area contributed by atoms with E-state index in [0.29, 0.717) is 25.5 Å². The first-order valence-electron chi connectivity index (χ1n) is 10.9. The largest absolute Gasteiger partial charge is 0.493 e. The molecule has 0 radical (unpaired) electrons. The summed E-state index contributed by atoms with van der Waals surface area (Å²) < 4.78 is 13.7. The van der Waals surface area contributed by atoms with Gasteiger partial charge in [-0.3, -0.25) is 14.5 Å². The Balaban J connectivity index is 1.27. The first-order valence-corrected chi connectivity index (χ1v) is 10.9. The van der Waals surface area contributed by atoms with Crippen molar-refractivity contribution in [1.29, 1.82) is 0 Å². The maximum atomic E-state index is 11.1. The summed E-state index contributed by atoms with van der Waals surface area (Å²) in [5.74, 6) is 0.626. The number of rotatable bonds is 7. The van der Waals surface area contributed by atoms with E-state index in [9.17, 15) is 4.79 Å². The van der Waals surface area contributed by atoms with Crippen LogP contribution in [0.4, 0.5) is 0 Å². The summed E-state index contributed by atoms with van der Waals surface area (Å²) in [4.78, 5) is 15.6. The molecule has 0 saturated carbocycles. The molecule has 7 nitrogen and oxygen atoms in total. The highest BCUT2D eigenvalue weighted by atomic mass is 16.5. The number of carboxylic acid groups (broad SMARTS) is 1. The second-order valence-corrected chi connectivity index (χ2v) is 8.23. The Hall–Kier alpha value is -3.61. The molecule has 0 saturated heterocycles. The highest BCUT2D eigenvalue weighted by Gasteiger charge is 2.24. The van der Waals surface area contributed by atoms with Crippen molar-refractivity contribution >= 4 is 22.6 Å². The van der Waals surface area contributed by atoms with Gasteiger partial charge >= 0.3 is 5.97 Å². The molecule has 2 aliphatic rings. The van der Waals surface area contributed by atoms with E-state index in [0.717, 1.165) is 52.8 Å². The van der Waals surface area contributed by atoms with Gasteiger partial charge in [-0.1, -0.05) is 18.2 Å². The third-order valence-electron chi connectivity index (χ3n) is 5.98. The molecule has 1 aromatic heterocycles. The normalized spacial score (nSPS) is 17.5. The summed E-state index contributed by atoms with van der Waals surface area (Å²) in [6.07, 6.45) is 8.69. The van der Waals surface area contributed by atoms with E-state index in [2.05, 4.69) is 34.4 Å². The standard InChI is InChI=1S/C25H25N3O4/c29-25(30)12-18-8-10-31-24-13-21(5-6-22(18)24)32-16-17-4-7-23-19(11-17)14-27-28(23)15-20-3-1-2-9-26-20/h2,4-7,9,11,13-14,18H,1,3,8,10,12,15-16H2,(H,29,30). The van der Waals surface area contributed by atoms with Gasteiger partial charge in [0.15, 0.2) is 0 Å². The van der Waals surface area contributed by atoms with E-state index in [1.807, 2.05) is 35.3 Å². The number of fused-ring (bicyclic) bond motifs is 2. The minimum absolute atomic E-state index is 0.0140. The zero-order valence-electron chi connectivity index (χ0n) is 17.7. The molecule has 0 bridgehead atoms. The van der Waals surface area contributed by atoms with Crippen LogP contribution in [0.15, 0.2) is 59.9 Å². The molecule has 3 aromatic rings. The van der Waals surface area contributed by atoms with Gasteiger partial charge in [0.2, 0.25) is 0 Å². The van der Waals surface area contributed by atoms with Gasteiger partial charge in [0.1, 0.15) is 18.1 Å². The average Bonchev–Trinajstić information content (AvgIpc) is 3.20. The van der Waals surface area contributed by atoms with Gasteiger partial charge in [-0.15, -0.1) is 0 Å². The molecular formula is C25H25N3O4. The van der Waals surface area contributed by atoms with Gasteiger partial charge in [-0.25, -0.2) is 0 Å². The van der Waals surface area contributed by atoms with Crippen molar-refractivity contribution in [1.82, 2.24) is 9.78 Å². The lowest BCUT2D eigenvalue weighted by Gasteiger charge is -2.25. The molecule has 1 N–H and O–H groups in total. The topological polar surface area (TPSA) is 85.9 Å². The molecule has 32 heavy (non-hydrogen) atoms. The van der Waals surface area contributed by atoms with Crippen LogP contribution in [0, 0.1) is 0 Å². The first-order chi connectivity index (χ1) is 15.7. The Bertz CT molecular complexity index is 1210. The van der Waals surface area contributed by atoms with E-state index in [1.54, 1.807) is 0 Å². The number of hydrogen-bond acceptors (Lipinski definition) is 5. The third kappa shape index (κ3) is 4.37. The molecule has 164 valence electrons. The fraction of sp³-hybridized carbons (Fsp3) is 0.320. The molecule has 3 heterocycles. The second-order valence-electron chi connectivity index (χ2n) is 8.23. The number of aromatic nitrogens is 2. The Labute approximate surface area is 186 Å². The van der Waals surface area contributed by atoms with Gasteiger partial charge in [0, 0.05) is 29.3 Å². The Morgan fingerprint density at radius 2 is 2.19 bits per heavy atom. The van der Waals surface area contributed by atoms with Gasteiger partial charge in [0.05, 0.1) is 31.3 Å². The highest BCUT2D eigenvalue weighted by molar-refractivity contribution is 5.87. The lowest BCUT2D eigenvalue weighted by atomic mass is 9.90. The number of ether oxygens (including phenoxy) is 2. The smallest absolute Gasteiger partial charge is 0.303 e. The first kappa shape index (κ1) is 20.3. The lowest BCUT2D eigenvalue weighted by Crippen LogP contribution is -2.17. The monoisotopic (exact) mass is 431 g/mol. The van der Waals surface area contributed by atoms with Gasteiger partial charge in [-0.2, -0.15) is 5.10 Å². The van der Waals surface area contributed by atoms with Crippen molar-refractivity contribution in [3.63, 3.8) is 0 Å². The second kappa shape index (κ2) is 8.86. The highest BCUT2D eigenvalue weighted by Crippen LogP contribution is 2.38. The fourth-order valence-corrected chi connectivity index (χ4v) is 4.32. The lowest BCUT2D eigenvalue weighted by molar-refractivity contribution is -0.137. The quantitative estimate of drug-likeness (QED) is 0.586. The number of benzene rings is 2. The molecule has 5 rings (SSSR count). The van der Waals surface area contributed by atoms with Crippen molar-refractivity contribution in [2.24, 2.45) is 4.99 Å². The number of aliphatic imine (C=N–C) groups is 1. The van der Waals surface area contributed by atoms with Gasteiger partial charge in [0.25, 0.3) is 0 Å². The summed E-state index contributed by atoms with van der Waals surface area (Å²) in [6, 6.07) is 11.9. The van der Waals surface area contributed by atoms with Gasteiger partial charge < -0.3 is 14.6 Å². The maximum absolute atomic E-state index is 11.1. The van der Waals surface area contributed by atoms with E-state index >= 15 is 0 Å². The van der Waals surface area contributed by atoms with Crippen molar-refractivity contribution in [2.75, 3.05) is 6.61 Å². The van der Waals surface area contributed by atoms with Crippen LogP contribution < -0.4 is 9.47 Å². The summed E-state index contributed by atoms with van der Waals surface area (Å²) in [5.41, 5.74) is 4.22. The van der Waals surface area contributed by atoms with E-state index in [-0.39, 0.29) is 12.3 Å². The summed E-state index contributed by atoms with van der Waals surface area (Å²) in [7, 11) is 0. The summed E-state index contributed by atoms with van der Waals surface area (Å²) >= 11 is 0. The fourth-order valence-electron chi connectivity index (χ4n) is 4.32. The molecule has 7 heteroatoms. The molecule has 2 aliphatic heterocycles. The van der Waals surface area contributed by atoms with Crippen molar-refractivity contribution < 1.29 is 19.4 Å². The predicted octanol–water partition coefficient (Wildman–Crippen LogP) is 4.70. The number of allylic oxidation sites excluding steroid dienone is 1. The van der Waals surface area contributed by atoms with Crippen LogP contribution in [-0.4, -0.2) is 33.2 Å². The number of carbonyl (C=O) groups is 1. The van der Waals surface area contributed by atoms with E-state index < -0.39 is 5.97 Å². The SMILES string of the molecule is O=C(O)CC1CCOc2cc(OCc3ccc4c(cnn4CC4=NC=CCC4)c3)ccc21. The van der Waals surface area contributed by atoms with Crippen molar-refractivity contribution in [3.05, 3.63) is 66.0 Å². The molecule has 0 amide bonds. The number of carboxylic acids is 1. The predicted molar refractivity (Wildman–Crippen MR) is 121 cm³/mol. The van der Waals surface area contributed by atoms with Crippen LogP contribution in [0.1, 0.15) is 42.7 Å². The van der Waals surface area contributed by atoms with Crippen LogP contribution in [-0.2, 0) is 17.9 Å². The van der Waals surface area contributed by atoms with Crippen LogP contribution in [0.3, 0.4) is 0 Å². The maximum Gasteiger partial charge on any atom is 0.303 e. The molecule has 2 aromatic carbocycles. The van der Waals surface area contributed by atoms with Crippen LogP contribution >= 0.6 is 0 Å². The molecule has 0 aliphatic carbocycles. The summed E-state index contributed by atoms with van der Waals surface area (Å²) in [6.45, 7) is 1.66. The minimum atomic E-state index is -0.787. The van der Waals surface area contributed by atoms with E-state index in [1.165, 1.54) is 0 Å². The Morgan fingerprint density at radius 1 is 1.25 bits per heavy atom. The van der Waals surface area contributed by atoms with Crippen molar-refractivity contribution in [3.8, 4) is 11.5 Å². The van der Waals surface area contributed by atoms with Crippen molar-refractivity contribution in [2.45, 2.75) is 44.8 Å². The Morgan fingerprint density at radius 3 is 3.03 bits per heavy atom. The summed E-state index contributed by atoms with van der Waals surface area (Å²) in [5, 5.41) is 14.7. The zero-order chi connectivity index (χ0) is 21.9. The Kier molecular flexibility index (Phi) is 5.62. The third-order valence-corrected chi connectivity index (χ3v) is 5.98. The number of hydrogen-bond donors (Lipinski definition) is 1. The van der Waals surface area contributed by atoms with Gasteiger partial charge in [-0.05, 0) is 48.6 Å². The zero-order valence-corrected chi connectivity index (χ0v) is 17.7. The number of nitrogens with zero attached hydrogens (tertiary/aromatic N) is 3. The molecular weight excluding hydrogens is 406 g/mol. The van der Waals surface area contributed by atoms with Crippen LogP contribution in [0.2, 0.25) is 0 Å². The van der Waals surface area contributed by atoms with Crippen LogP contribution in [0.25, 0.3) is 10.9 Å². The number of aliphatic carboxylic acids is 1. The molecule has 0 spiro atoms. The molecule has 1 atom stereocenters. The van der Waals surface area contributed by atoms with E-state index in [4.69, 9.17) is 14.6 Å². The van der Waals surface area contributed by atoms with Crippen LogP contribution in [0.5, 0.6) is 11.5 Å². The minimum Gasteiger partial charge on any atom is -0.493 e. The molecule has 1 unspecified atom stereocenters. The average molecular weight is 431 g/mol. The molecule has 0 fully saturated rings.